The summed E-state index contributed by atoms with van der Waals surface area (Å²) in [6.45, 7) is 1.33. The van der Waals surface area contributed by atoms with Crippen molar-refractivity contribution in [3.63, 3.8) is 0 Å². The van der Waals surface area contributed by atoms with Crippen LogP contribution in [0.2, 0.25) is 0 Å². The minimum absolute atomic E-state index is 0.0618. The van der Waals surface area contributed by atoms with E-state index in [1.165, 1.54) is 13.2 Å². The van der Waals surface area contributed by atoms with Crippen LogP contribution in [0.5, 0.6) is 0 Å². The largest absolute Gasteiger partial charge is 0.291 e. The second kappa shape index (κ2) is 5.17. The Hall–Kier alpha value is -0.640. The fourth-order valence-electron chi connectivity index (χ4n) is 0.383. The monoisotopic (exact) mass is 158 g/mol. The summed E-state index contributed by atoms with van der Waals surface area (Å²) < 4.78 is 0. The van der Waals surface area contributed by atoms with Gasteiger partial charge in [0.15, 0.2) is 11.4 Å². The van der Waals surface area contributed by atoms with Gasteiger partial charge in [0.05, 0.1) is 5.25 Å². The normalized spacial score (nSPS) is 12.1. The molecule has 0 bridgehead atoms. The van der Waals surface area contributed by atoms with Crippen LogP contribution >= 0.6 is 11.8 Å². The van der Waals surface area contributed by atoms with Crippen molar-refractivity contribution in [1.82, 2.24) is 0 Å². The van der Waals surface area contributed by atoms with Crippen molar-refractivity contribution >= 4 is 29.4 Å². The summed E-state index contributed by atoms with van der Waals surface area (Å²) in [6.07, 6.45) is 3.04. The molecule has 0 aromatic heterocycles. The molecule has 10 heavy (non-hydrogen) atoms. The summed E-state index contributed by atoms with van der Waals surface area (Å²) in [5, 5.41) is -0.862. The van der Waals surface area contributed by atoms with Crippen LogP contribution in [0.25, 0.3) is 0 Å². The van der Waals surface area contributed by atoms with Crippen LogP contribution in [-0.4, -0.2) is 22.9 Å². The van der Waals surface area contributed by atoms with Gasteiger partial charge in [0, 0.05) is 13.3 Å². The lowest BCUT2D eigenvalue weighted by atomic mass is 10.4. The molecule has 0 aliphatic carbocycles. The highest BCUT2D eigenvalue weighted by atomic mass is 32.2. The summed E-state index contributed by atoms with van der Waals surface area (Å²) >= 11 is 0.799. The molecule has 54 valence electrons. The Morgan fingerprint density at radius 1 is 1.60 bits per heavy atom. The highest BCUT2D eigenvalue weighted by molar-refractivity contribution is 8.14. The third-order valence-corrected chi connectivity index (χ3v) is 1.59. The van der Waals surface area contributed by atoms with Crippen LogP contribution in [0.3, 0.4) is 0 Å². The molecule has 0 aromatic rings. The van der Waals surface area contributed by atoms with Crippen molar-refractivity contribution < 1.29 is 14.4 Å². The minimum atomic E-state index is -0.671. The number of thioether (sulfide) groups is 1. The molecule has 0 amide bonds. The van der Waals surface area contributed by atoms with Gasteiger partial charge in [0.25, 0.3) is 0 Å². The average Bonchev–Trinajstić information content (AvgIpc) is 1.86. The maximum atomic E-state index is 10.3. The summed E-state index contributed by atoms with van der Waals surface area (Å²) in [6, 6.07) is 0. The lowest BCUT2D eigenvalue weighted by molar-refractivity contribution is -0.109. The van der Waals surface area contributed by atoms with Crippen molar-refractivity contribution in [2.75, 3.05) is 0 Å². The zero-order chi connectivity index (χ0) is 7.98. The van der Waals surface area contributed by atoms with Gasteiger partial charge in [-0.05, 0) is 0 Å². The molecular formula is C6H6O3S. The Morgan fingerprint density at radius 3 is 2.50 bits per heavy atom. The molecule has 0 rings (SSSR count). The molecule has 4 heteroatoms. The van der Waals surface area contributed by atoms with Crippen LogP contribution in [0.4, 0.5) is 0 Å². The van der Waals surface area contributed by atoms with Gasteiger partial charge in [-0.25, -0.2) is 0 Å². The van der Waals surface area contributed by atoms with Crippen molar-refractivity contribution in [3.8, 4) is 0 Å². The summed E-state index contributed by atoms with van der Waals surface area (Å²) in [5.41, 5.74) is 0. The molecular weight excluding hydrogens is 152 g/mol. The van der Waals surface area contributed by atoms with Gasteiger partial charge in [-0.3, -0.25) is 14.4 Å². The fraction of sp³-hybridized carbons (Fsp3) is 0.500. The maximum absolute atomic E-state index is 10.3. The molecule has 0 aliphatic heterocycles. The molecule has 0 aliphatic rings. The predicted octanol–water partition coefficient (Wildman–Crippen LogP) is 0.244. The number of rotatable bonds is 4. The molecule has 0 heterocycles. The Bertz CT molecular complexity index is 144. The molecule has 3 nitrogen and oxygen atoms in total. The lowest BCUT2D eigenvalue weighted by Crippen LogP contribution is -2.06. The first-order valence-electron chi connectivity index (χ1n) is 2.60. The third-order valence-electron chi connectivity index (χ3n) is 0.708. The molecule has 0 aromatic carbocycles. The number of hydrogen-bond donors (Lipinski definition) is 0. The van der Waals surface area contributed by atoms with Gasteiger partial charge in [0.2, 0.25) is 6.29 Å². The van der Waals surface area contributed by atoms with Crippen molar-refractivity contribution in [2.45, 2.75) is 18.6 Å². The quantitative estimate of drug-likeness (QED) is 0.588. The van der Waals surface area contributed by atoms with Crippen LogP contribution < -0.4 is 0 Å². The molecule has 2 radical (unpaired) electrons. The van der Waals surface area contributed by atoms with Crippen molar-refractivity contribution in [2.24, 2.45) is 0 Å². The van der Waals surface area contributed by atoms with Crippen LogP contribution in [-0.2, 0) is 14.4 Å². The molecule has 1 unspecified atom stereocenters. The van der Waals surface area contributed by atoms with Crippen LogP contribution in [0.15, 0.2) is 0 Å². The Kier molecular flexibility index (Phi) is 4.84. The van der Waals surface area contributed by atoms with Crippen LogP contribution in [0, 0.1) is 0 Å². The highest BCUT2D eigenvalue weighted by Crippen LogP contribution is 2.11. The first-order chi connectivity index (χ1) is 4.70. The van der Waals surface area contributed by atoms with Gasteiger partial charge < -0.3 is 0 Å². The van der Waals surface area contributed by atoms with Gasteiger partial charge in [-0.15, -0.1) is 0 Å². The van der Waals surface area contributed by atoms with E-state index in [-0.39, 0.29) is 11.5 Å². The third kappa shape index (κ3) is 4.26. The molecule has 0 fully saturated rings. The highest BCUT2D eigenvalue weighted by Gasteiger charge is 2.10. The fourth-order valence-corrected chi connectivity index (χ4v) is 0.984. The number of carbonyl (C=O) groups excluding carboxylic acids is 3. The molecule has 0 saturated heterocycles. The molecule has 1 atom stereocenters. The summed E-state index contributed by atoms with van der Waals surface area (Å²) in [4.78, 5) is 30.0. The second-order valence-electron chi connectivity index (χ2n) is 1.56. The standard InChI is InChI=1S/C6H6O3S/c1-5(9)10-6(4-8)2-3-7/h6H,2H2,1H3. The van der Waals surface area contributed by atoms with E-state index in [1.54, 1.807) is 6.29 Å². The van der Waals surface area contributed by atoms with Gasteiger partial charge in [-0.2, -0.15) is 0 Å². The number of carbonyl (C=O) groups is 1. The maximum Gasteiger partial charge on any atom is 0.213 e. The van der Waals surface area contributed by atoms with E-state index in [0.29, 0.717) is 0 Å². The van der Waals surface area contributed by atoms with E-state index in [1.807, 2.05) is 0 Å². The van der Waals surface area contributed by atoms with E-state index < -0.39 is 5.25 Å². The molecule has 0 saturated carbocycles. The Labute approximate surface area is 63.2 Å². The van der Waals surface area contributed by atoms with Crippen molar-refractivity contribution in [3.05, 3.63) is 0 Å². The Balaban J connectivity index is 3.70. The van der Waals surface area contributed by atoms with E-state index >= 15 is 0 Å². The van der Waals surface area contributed by atoms with Crippen LogP contribution in [0.1, 0.15) is 13.3 Å². The van der Waals surface area contributed by atoms with E-state index in [2.05, 4.69) is 0 Å². The average molecular weight is 158 g/mol. The van der Waals surface area contributed by atoms with Crippen molar-refractivity contribution in [1.29, 1.82) is 0 Å². The van der Waals surface area contributed by atoms with Gasteiger partial charge in [0.1, 0.15) is 0 Å². The second-order valence-corrected chi connectivity index (χ2v) is 2.94. The summed E-state index contributed by atoms with van der Waals surface area (Å²) in [7, 11) is 0. The molecule has 0 spiro atoms. The van der Waals surface area contributed by atoms with E-state index in [0.717, 1.165) is 11.8 Å². The minimum Gasteiger partial charge on any atom is -0.291 e. The van der Waals surface area contributed by atoms with Gasteiger partial charge >= 0.3 is 0 Å². The lowest BCUT2D eigenvalue weighted by Gasteiger charge is -1.98. The first kappa shape index (κ1) is 9.36. The Morgan fingerprint density at radius 2 is 2.20 bits per heavy atom. The predicted molar refractivity (Wildman–Crippen MR) is 38.1 cm³/mol. The SMILES string of the molecule is CC(=O)SC([C]=O)C[C]=O. The number of hydrogen-bond acceptors (Lipinski definition) is 4. The molecule has 0 N–H and O–H groups in total. The zero-order valence-corrected chi connectivity index (χ0v) is 6.23. The van der Waals surface area contributed by atoms with E-state index in [4.69, 9.17) is 0 Å². The zero-order valence-electron chi connectivity index (χ0n) is 5.42. The van der Waals surface area contributed by atoms with E-state index in [9.17, 15) is 14.4 Å². The smallest absolute Gasteiger partial charge is 0.213 e. The summed E-state index contributed by atoms with van der Waals surface area (Å²) in [5.74, 6) is 0. The first-order valence-corrected chi connectivity index (χ1v) is 3.48. The topological polar surface area (TPSA) is 51.2 Å². The van der Waals surface area contributed by atoms with Gasteiger partial charge in [-0.1, -0.05) is 11.8 Å².